The molecule has 3 saturated heterocycles. The Morgan fingerprint density at radius 1 is 1.21 bits per heavy atom. The number of urea groups is 1. The summed E-state index contributed by atoms with van der Waals surface area (Å²) in [6.45, 7) is 6.54. The predicted molar refractivity (Wildman–Crippen MR) is 111 cm³/mol. The fourth-order valence-corrected chi connectivity index (χ4v) is 4.89. The summed E-state index contributed by atoms with van der Waals surface area (Å²) >= 11 is 0. The number of nitrogens with one attached hydrogen (secondary N) is 1. The number of amides is 3. The van der Waals surface area contributed by atoms with Crippen LogP contribution in [0.5, 0.6) is 0 Å². The fraction of sp³-hybridized carbons (Fsp3) is 0.652. The Morgan fingerprint density at radius 3 is 2.66 bits per heavy atom. The van der Waals surface area contributed by atoms with E-state index in [0.29, 0.717) is 13.0 Å². The molecule has 3 aliphatic rings. The van der Waals surface area contributed by atoms with Crippen LogP contribution in [0.25, 0.3) is 0 Å². The second kappa shape index (κ2) is 8.74. The zero-order chi connectivity index (χ0) is 20.3. The topological polar surface area (TPSA) is 61.9 Å². The van der Waals surface area contributed by atoms with Crippen LogP contribution < -0.4 is 5.32 Å². The number of benzene rings is 1. The summed E-state index contributed by atoms with van der Waals surface area (Å²) in [5, 5.41) is 3.05. The highest BCUT2D eigenvalue weighted by Crippen LogP contribution is 2.40. The molecule has 1 spiro atoms. The van der Waals surface area contributed by atoms with Gasteiger partial charge in [-0.25, -0.2) is 4.79 Å². The van der Waals surface area contributed by atoms with Gasteiger partial charge in [0.05, 0.1) is 6.10 Å². The van der Waals surface area contributed by atoms with Gasteiger partial charge >= 0.3 is 6.03 Å². The van der Waals surface area contributed by atoms with E-state index in [0.717, 1.165) is 70.5 Å². The zero-order valence-corrected chi connectivity index (χ0v) is 17.5. The first-order chi connectivity index (χ1) is 14.0. The summed E-state index contributed by atoms with van der Waals surface area (Å²) in [6.07, 6.45) is 5.90. The Morgan fingerprint density at radius 2 is 1.97 bits per heavy atom. The zero-order valence-electron chi connectivity index (χ0n) is 17.5. The van der Waals surface area contributed by atoms with Crippen molar-refractivity contribution in [2.24, 2.45) is 5.41 Å². The Bertz CT molecular complexity index is 719. The number of carbonyl (C=O) groups is 2. The van der Waals surface area contributed by atoms with Crippen molar-refractivity contribution >= 4 is 11.9 Å². The molecular weight excluding hydrogens is 366 g/mol. The molecule has 4 rings (SSSR count). The van der Waals surface area contributed by atoms with Crippen molar-refractivity contribution in [1.29, 1.82) is 0 Å². The molecule has 1 N–H and O–H groups in total. The molecule has 3 amide bonds. The predicted octanol–water partition coefficient (Wildman–Crippen LogP) is 3.09. The normalized spacial score (nSPS) is 24.2. The quantitative estimate of drug-likeness (QED) is 0.846. The van der Waals surface area contributed by atoms with Crippen LogP contribution >= 0.6 is 0 Å². The summed E-state index contributed by atoms with van der Waals surface area (Å²) in [6, 6.07) is 8.27. The first-order valence-corrected chi connectivity index (χ1v) is 11.0. The Kier molecular flexibility index (Phi) is 6.09. The molecule has 3 heterocycles. The minimum Gasteiger partial charge on any atom is -0.376 e. The lowest BCUT2D eigenvalue weighted by molar-refractivity contribution is -0.140. The highest BCUT2D eigenvalue weighted by molar-refractivity contribution is 5.77. The lowest BCUT2D eigenvalue weighted by atomic mass is 9.72. The van der Waals surface area contributed by atoms with Gasteiger partial charge in [0.1, 0.15) is 0 Å². The largest absolute Gasteiger partial charge is 0.376 e. The molecular formula is C23H33N3O3. The molecule has 1 aromatic carbocycles. The molecule has 3 aliphatic heterocycles. The van der Waals surface area contributed by atoms with Gasteiger partial charge in [0.2, 0.25) is 5.91 Å². The lowest BCUT2D eigenvalue weighted by Crippen LogP contribution is -2.54. The SMILES string of the molecule is Cc1ccc(CNC(=O)N2CCC3(CCC(=O)N(C[C@H]4CCCO4)C3)CC2)cc1. The van der Waals surface area contributed by atoms with Gasteiger partial charge in [-0.1, -0.05) is 29.8 Å². The summed E-state index contributed by atoms with van der Waals surface area (Å²) in [7, 11) is 0. The van der Waals surface area contributed by atoms with Crippen molar-refractivity contribution < 1.29 is 14.3 Å². The molecule has 29 heavy (non-hydrogen) atoms. The molecule has 0 radical (unpaired) electrons. The Labute approximate surface area is 173 Å². The summed E-state index contributed by atoms with van der Waals surface area (Å²) in [5.74, 6) is 0.268. The number of aryl methyl sites for hydroxylation is 1. The molecule has 3 fully saturated rings. The maximum atomic E-state index is 12.6. The van der Waals surface area contributed by atoms with Crippen molar-refractivity contribution in [2.75, 3.05) is 32.8 Å². The molecule has 0 saturated carbocycles. The van der Waals surface area contributed by atoms with E-state index >= 15 is 0 Å². The van der Waals surface area contributed by atoms with Crippen LogP contribution in [0.4, 0.5) is 4.79 Å². The summed E-state index contributed by atoms with van der Waals surface area (Å²) in [5.41, 5.74) is 2.51. The second-order valence-corrected chi connectivity index (χ2v) is 9.04. The molecule has 1 atom stereocenters. The van der Waals surface area contributed by atoms with E-state index in [1.807, 2.05) is 9.80 Å². The number of likely N-dealkylation sites (tertiary alicyclic amines) is 2. The van der Waals surface area contributed by atoms with Gasteiger partial charge in [0, 0.05) is 45.8 Å². The summed E-state index contributed by atoms with van der Waals surface area (Å²) in [4.78, 5) is 29.0. The smallest absolute Gasteiger partial charge is 0.317 e. The van der Waals surface area contributed by atoms with Gasteiger partial charge in [0.15, 0.2) is 0 Å². The van der Waals surface area contributed by atoms with Crippen LogP contribution in [0.3, 0.4) is 0 Å². The van der Waals surface area contributed by atoms with Crippen LogP contribution in [0.15, 0.2) is 24.3 Å². The first kappa shape index (κ1) is 20.2. The van der Waals surface area contributed by atoms with E-state index < -0.39 is 0 Å². The van der Waals surface area contributed by atoms with Crippen LogP contribution in [-0.4, -0.2) is 60.6 Å². The minimum absolute atomic E-state index is 0.0172. The maximum absolute atomic E-state index is 12.6. The van der Waals surface area contributed by atoms with Crippen molar-refractivity contribution in [3.05, 3.63) is 35.4 Å². The van der Waals surface area contributed by atoms with Crippen molar-refractivity contribution in [1.82, 2.24) is 15.1 Å². The highest BCUT2D eigenvalue weighted by Gasteiger charge is 2.42. The third-order valence-electron chi connectivity index (χ3n) is 6.87. The van der Waals surface area contributed by atoms with Crippen LogP contribution in [-0.2, 0) is 16.1 Å². The van der Waals surface area contributed by atoms with Crippen LogP contribution in [0.1, 0.15) is 49.7 Å². The van der Waals surface area contributed by atoms with Crippen LogP contribution in [0.2, 0.25) is 0 Å². The lowest BCUT2D eigenvalue weighted by Gasteiger charge is -2.47. The first-order valence-electron chi connectivity index (χ1n) is 11.0. The molecule has 0 aliphatic carbocycles. The monoisotopic (exact) mass is 399 g/mol. The second-order valence-electron chi connectivity index (χ2n) is 9.04. The van der Waals surface area contributed by atoms with Crippen LogP contribution in [0, 0.1) is 12.3 Å². The van der Waals surface area contributed by atoms with Crippen molar-refractivity contribution in [2.45, 2.75) is 58.1 Å². The molecule has 6 heteroatoms. The van der Waals surface area contributed by atoms with Gasteiger partial charge in [0.25, 0.3) is 0 Å². The van der Waals surface area contributed by atoms with Crippen molar-refractivity contribution in [3.8, 4) is 0 Å². The number of hydrogen-bond donors (Lipinski definition) is 1. The molecule has 0 bridgehead atoms. The fourth-order valence-electron chi connectivity index (χ4n) is 4.89. The minimum atomic E-state index is 0.0172. The van der Waals surface area contributed by atoms with Gasteiger partial charge in [-0.05, 0) is 50.0 Å². The summed E-state index contributed by atoms with van der Waals surface area (Å²) < 4.78 is 5.74. The molecule has 0 unspecified atom stereocenters. The van der Waals surface area contributed by atoms with Gasteiger partial charge in [-0.3, -0.25) is 4.79 Å². The highest BCUT2D eigenvalue weighted by atomic mass is 16.5. The molecule has 158 valence electrons. The third kappa shape index (κ3) is 4.92. The van der Waals surface area contributed by atoms with E-state index in [4.69, 9.17) is 4.74 Å². The maximum Gasteiger partial charge on any atom is 0.317 e. The molecule has 1 aromatic rings. The number of rotatable bonds is 4. The number of piperidine rings is 2. The third-order valence-corrected chi connectivity index (χ3v) is 6.87. The van der Waals surface area contributed by atoms with E-state index in [1.165, 1.54) is 5.56 Å². The number of ether oxygens (including phenoxy) is 1. The number of carbonyl (C=O) groups excluding carboxylic acids is 2. The Hall–Kier alpha value is -2.08. The average molecular weight is 400 g/mol. The van der Waals surface area contributed by atoms with Gasteiger partial charge < -0.3 is 19.9 Å². The average Bonchev–Trinajstić information content (AvgIpc) is 3.24. The van der Waals surface area contributed by atoms with E-state index in [2.05, 4.69) is 36.5 Å². The number of hydrogen-bond acceptors (Lipinski definition) is 3. The van der Waals surface area contributed by atoms with Gasteiger partial charge in [-0.2, -0.15) is 0 Å². The van der Waals surface area contributed by atoms with E-state index in [-0.39, 0.29) is 23.5 Å². The number of nitrogens with zero attached hydrogens (tertiary/aromatic N) is 2. The molecule has 0 aromatic heterocycles. The standard InChI is InChI=1S/C23H33N3O3/c1-18-4-6-19(7-5-18)15-24-22(28)25-12-10-23(11-13-25)9-8-21(27)26(17-23)16-20-3-2-14-29-20/h4-7,20H,2-3,8-17H2,1H3,(H,24,28)/t20-/m1/s1. The molecule has 6 nitrogen and oxygen atoms in total. The Balaban J connectivity index is 1.26. The van der Waals surface area contributed by atoms with Gasteiger partial charge in [-0.15, -0.1) is 0 Å². The van der Waals surface area contributed by atoms with E-state index in [1.54, 1.807) is 0 Å². The van der Waals surface area contributed by atoms with Crippen molar-refractivity contribution in [3.63, 3.8) is 0 Å². The van der Waals surface area contributed by atoms with E-state index in [9.17, 15) is 9.59 Å².